The van der Waals surface area contributed by atoms with Crippen LogP contribution in [0.1, 0.15) is 50.2 Å². The van der Waals surface area contributed by atoms with Crippen molar-refractivity contribution in [3.8, 4) is 0 Å². The molecule has 1 saturated carbocycles. The van der Waals surface area contributed by atoms with Crippen molar-refractivity contribution < 1.29 is 8.42 Å². The summed E-state index contributed by atoms with van der Waals surface area (Å²) in [5.41, 5.74) is 7.38. The zero-order chi connectivity index (χ0) is 15.5. The maximum atomic E-state index is 12.6. The fraction of sp³-hybridized carbons (Fsp3) is 0.625. The molecule has 118 valence electrons. The standard InChI is InChI=1S/C16H26N2O2S/c1-13-14(11-17)7-6-8-15(13)21(19,20)18-12-16(2)9-4-3-5-10-16/h6-8,18H,3-5,9-12,17H2,1-2H3. The van der Waals surface area contributed by atoms with E-state index >= 15 is 0 Å². The Hall–Kier alpha value is -0.910. The smallest absolute Gasteiger partial charge is 0.240 e. The first-order valence-corrected chi connectivity index (χ1v) is 9.14. The highest BCUT2D eigenvalue weighted by Crippen LogP contribution is 2.35. The topological polar surface area (TPSA) is 72.2 Å². The van der Waals surface area contributed by atoms with Crippen molar-refractivity contribution in [1.29, 1.82) is 0 Å². The predicted octanol–water partition coefficient (Wildman–Crippen LogP) is 2.70. The summed E-state index contributed by atoms with van der Waals surface area (Å²) in [5, 5.41) is 0. The van der Waals surface area contributed by atoms with Gasteiger partial charge in [0.15, 0.2) is 0 Å². The van der Waals surface area contributed by atoms with Crippen LogP contribution < -0.4 is 10.5 Å². The molecule has 5 heteroatoms. The van der Waals surface area contributed by atoms with E-state index in [1.165, 1.54) is 19.3 Å². The molecule has 0 amide bonds. The molecule has 1 aliphatic carbocycles. The highest BCUT2D eigenvalue weighted by molar-refractivity contribution is 7.89. The molecule has 0 aromatic heterocycles. The first-order chi connectivity index (χ1) is 9.88. The van der Waals surface area contributed by atoms with Crippen LogP contribution in [0.15, 0.2) is 23.1 Å². The largest absolute Gasteiger partial charge is 0.326 e. The molecule has 0 saturated heterocycles. The van der Waals surface area contributed by atoms with Gasteiger partial charge in [0.05, 0.1) is 4.90 Å². The van der Waals surface area contributed by atoms with Crippen molar-refractivity contribution in [2.75, 3.05) is 6.54 Å². The lowest BCUT2D eigenvalue weighted by molar-refractivity contribution is 0.219. The van der Waals surface area contributed by atoms with Crippen molar-refractivity contribution in [3.05, 3.63) is 29.3 Å². The maximum absolute atomic E-state index is 12.6. The van der Waals surface area contributed by atoms with Crippen LogP contribution >= 0.6 is 0 Å². The molecular formula is C16H26N2O2S. The molecule has 0 atom stereocenters. The number of benzene rings is 1. The summed E-state index contributed by atoms with van der Waals surface area (Å²) in [5.74, 6) is 0. The molecule has 3 N–H and O–H groups in total. The van der Waals surface area contributed by atoms with Gasteiger partial charge in [-0.05, 0) is 42.4 Å². The van der Waals surface area contributed by atoms with Gasteiger partial charge in [-0.1, -0.05) is 38.3 Å². The van der Waals surface area contributed by atoms with Gasteiger partial charge in [0.2, 0.25) is 10.0 Å². The lowest BCUT2D eigenvalue weighted by Gasteiger charge is -2.33. The Morgan fingerprint density at radius 3 is 2.52 bits per heavy atom. The lowest BCUT2D eigenvalue weighted by Crippen LogP contribution is -2.37. The van der Waals surface area contributed by atoms with Crippen molar-refractivity contribution in [2.24, 2.45) is 11.1 Å². The summed E-state index contributed by atoms with van der Waals surface area (Å²) >= 11 is 0. The molecule has 0 unspecified atom stereocenters. The van der Waals surface area contributed by atoms with Gasteiger partial charge in [-0.3, -0.25) is 0 Å². The quantitative estimate of drug-likeness (QED) is 0.878. The zero-order valence-electron chi connectivity index (χ0n) is 13.0. The molecule has 0 bridgehead atoms. The van der Waals surface area contributed by atoms with E-state index in [0.717, 1.165) is 24.0 Å². The number of hydrogen-bond acceptors (Lipinski definition) is 3. The van der Waals surface area contributed by atoms with E-state index in [1.54, 1.807) is 12.1 Å². The van der Waals surface area contributed by atoms with Crippen LogP contribution in [-0.4, -0.2) is 15.0 Å². The second kappa shape index (κ2) is 6.46. The first kappa shape index (κ1) is 16.5. The number of rotatable bonds is 5. The molecule has 0 spiro atoms. The lowest BCUT2D eigenvalue weighted by atomic mass is 9.76. The molecular weight excluding hydrogens is 284 g/mol. The Kier molecular flexibility index (Phi) is 5.07. The predicted molar refractivity (Wildman–Crippen MR) is 85.5 cm³/mol. The normalized spacial score (nSPS) is 18.6. The maximum Gasteiger partial charge on any atom is 0.240 e. The molecule has 0 heterocycles. The van der Waals surface area contributed by atoms with Gasteiger partial charge >= 0.3 is 0 Å². The van der Waals surface area contributed by atoms with E-state index in [-0.39, 0.29) is 5.41 Å². The van der Waals surface area contributed by atoms with Crippen molar-refractivity contribution >= 4 is 10.0 Å². The van der Waals surface area contributed by atoms with Crippen molar-refractivity contribution in [3.63, 3.8) is 0 Å². The monoisotopic (exact) mass is 310 g/mol. The van der Waals surface area contributed by atoms with E-state index in [0.29, 0.717) is 18.0 Å². The number of nitrogens with one attached hydrogen (secondary N) is 1. The number of sulfonamides is 1. The molecule has 2 rings (SSSR count). The third-order valence-electron chi connectivity index (χ3n) is 4.66. The number of hydrogen-bond donors (Lipinski definition) is 2. The summed E-state index contributed by atoms with van der Waals surface area (Å²) in [6, 6.07) is 5.28. The highest BCUT2D eigenvalue weighted by Gasteiger charge is 2.29. The minimum Gasteiger partial charge on any atom is -0.326 e. The van der Waals surface area contributed by atoms with Crippen LogP contribution in [-0.2, 0) is 16.6 Å². The molecule has 1 aromatic carbocycles. The van der Waals surface area contributed by atoms with E-state index in [1.807, 2.05) is 13.0 Å². The average Bonchev–Trinajstić information content (AvgIpc) is 2.46. The first-order valence-electron chi connectivity index (χ1n) is 7.66. The molecule has 1 fully saturated rings. The summed E-state index contributed by atoms with van der Waals surface area (Å²) in [6.07, 6.45) is 5.84. The minimum absolute atomic E-state index is 0.0880. The van der Waals surface area contributed by atoms with Crippen LogP contribution in [0.5, 0.6) is 0 Å². The van der Waals surface area contributed by atoms with Gasteiger partial charge in [0.25, 0.3) is 0 Å². The van der Waals surface area contributed by atoms with Gasteiger partial charge in [0.1, 0.15) is 0 Å². The van der Waals surface area contributed by atoms with Crippen LogP contribution in [0.2, 0.25) is 0 Å². The average molecular weight is 310 g/mol. The van der Waals surface area contributed by atoms with Gasteiger partial charge < -0.3 is 5.73 Å². The van der Waals surface area contributed by atoms with Gasteiger partial charge in [0, 0.05) is 13.1 Å². The third-order valence-corrected chi connectivity index (χ3v) is 6.20. The Labute approximate surface area is 128 Å². The van der Waals surface area contributed by atoms with Gasteiger partial charge in [-0.2, -0.15) is 0 Å². The van der Waals surface area contributed by atoms with Gasteiger partial charge in [-0.15, -0.1) is 0 Å². The minimum atomic E-state index is -3.47. The van der Waals surface area contributed by atoms with E-state index < -0.39 is 10.0 Å². The van der Waals surface area contributed by atoms with E-state index in [4.69, 9.17) is 5.73 Å². The second-order valence-electron chi connectivity index (χ2n) is 6.44. The highest BCUT2D eigenvalue weighted by atomic mass is 32.2. The summed E-state index contributed by atoms with van der Waals surface area (Å²) < 4.78 is 27.9. The number of nitrogens with two attached hydrogens (primary N) is 1. The Morgan fingerprint density at radius 2 is 1.90 bits per heavy atom. The van der Waals surface area contributed by atoms with Crippen LogP contribution in [0, 0.1) is 12.3 Å². The molecule has 1 aromatic rings. The fourth-order valence-corrected chi connectivity index (χ4v) is 4.59. The van der Waals surface area contributed by atoms with E-state index in [9.17, 15) is 8.42 Å². The van der Waals surface area contributed by atoms with Crippen molar-refractivity contribution in [2.45, 2.75) is 57.4 Å². The third kappa shape index (κ3) is 3.84. The summed E-state index contributed by atoms with van der Waals surface area (Å²) in [4.78, 5) is 0.352. The van der Waals surface area contributed by atoms with Crippen LogP contribution in [0.3, 0.4) is 0 Å². The Morgan fingerprint density at radius 1 is 1.24 bits per heavy atom. The Balaban J connectivity index is 2.15. The zero-order valence-corrected chi connectivity index (χ0v) is 13.8. The molecule has 21 heavy (non-hydrogen) atoms. The molecule has 4 nitrogen and oxygen atoms in total. The van der Waals surface area contributed by atoms with Crippen LogP contribution in [0.4, 0.5) is 0 Å². The Bertz CT molecular complexity index is 590. The molecule has 0 radical (unpaired) electrons. The molecule has 1 aliphatic rings. The summed E-state index contributed by atoms with van der Waals surface area (Å²) in [6.45, 7) is 4.87. The van der Waals surface area contributed by atoms with Crippen molar-refractivity contribution in [1.82, 2.24) is 4.72 Å². The van der Waals surface area contributed by atoms with E-state index in [2.05, 4.69) is 11.6 Å². The second-order valence-corrected chi connectivity index (χ2v) is 8.18. The van der Waals surface area contributed by atoms with Gasteiger partial charge in [-0.25, -0.2) is 13.1 Å². The fourth-order valence-electron chi connectivity index (χ4n) is 3.10. The molecule has 0 aliphatic heterocycles. The summed E-state index contributed by atoms with van der Waals surface area (Å²) in [7, 11) is -3.47. The van der Waals surface area contributed by atoms with Crippen LogP contribution in [0.25, 0.3) is 0 Å². The SMILES string of the molecule is Cc1c(CN)cccc1S(=O)(=O)NCC1(C)CCCCC1.